The molecule has 1 aromatic rings. The van der Waals surface area contributed by atoms with E-state index in [9.17, 15) is 19.0 Å². The fraction of sp³-hybridized carbons (Fsp3) is 0.692. The summed E-state index contributed by atoms with van der Waals surface area (Å²) in [5.74, 6) is 0. The quantitative estimate of drug-likeness (QED) is 0.432. The van der Waals surface area contributed by atoms with Crippen LogP contribution in [0.4, 0.5) is 0 Å². The molecule has 1 fully saturated rings. The number of rotatable bonds is 7. The molecule has 0 saturated carbocycles. The zero-order valence-electron chi connectivity index (χ0n) is 14.8. The number of phosphoric ester groups is 1. The van der Waals surface area contributed by atoms with Gasteiger partial charge in [0.15, 0.2) is 12.7 Å². The largest absolute Gasteiger partial charge is 0.469 e. The van der Waals surface area contributed by atoms with E-state index in [1.807, 2.05) is 0 Å². The van der Waals surface area contributed by atoms with E-state index < -0.39 is 50.6 Å². The maximum Gasteiger partial charge on any atom is 0.469 e. The van der Waals surface area contributed by atoms with E-state index in [1.54, 1.807) is 13.8 Å². The van der Waals surface area contributed by atoms with Gasteiger partial charge >= 0.3 is 13.5 Å². The number of hydrogen-bond donors (Lipinski definition) is 4. The molecule has 1 aliphatic heterocycles. The van der Waals surface area contributed by atoms with Crippen LogP contribution in [0.5, 0.6) is 0 Å². The monoisotopic (exact) mass is 444 g/mol. The number of aromatic nitrogens is 2. The predicted molar refractivity (Wildman–Crippen MR) is 99.1 cm³/mol. The third-order valence-electron chi connectivity index (χ3n) is 3.93. The second-order valence-electron chi connectivity index (χ2n) is 6.45. The van der Waals surface area contributed by atoms with Crippen molar-refractivity contribution in [2.75, 3.05) is 6.61 Å². The van der Waals surface area contributed by atoms with Crippen molar-refractivity contribution in [2.45, 2.75) is 51.3 Å². The third-order valence-corrected chi connectivity index (χ3v) is 7.82. The van der Waals surface area contributed by atoms with E-state index in [0.29, 0.717) is 0 Å². The number of hydrogen-bond acceptors (Lipinski definition) is 7. The molecule has 14 heteroatoms. The highest BCUT2D eigenvalue weighted by atomic mass is 32.5. The molecule has 11 nitrogen and oxygen atoms in total. The van der Waals surface area contributed by atoms with Gasteiger partial charge in [-0.1, -0.05) is 13.8 Å². The second-order valence-corrected chi connectivity index (χ2v) is 11.6. The molecule has 0 aliphatic carbocycles. The lowest BCUT2D eigenvalue weighted by Gasteiger charge is -2.27. The topological polar surface area (TPSA) is 160 Å². The molecular formula is C13H22N2O9P2S. The fourth-order valence-corrected chi connectivity index (χ4v) is 3.95. The van der Waals surface area contributed by atoms with Crippen molar-refractivity contribution < 1.29 is 33.0 Å². The van der Waals surface area contributed by atoms with Crippen LogP contribution in [0.3, 0.4) is 0 Å². The fourth-order valence-electron chi connectivity index (χ4n) is 2.43. The molecule has 0 bridgehead atoms. The minimum absolute atomic E-state index is 0.0704. The Kier molecular flexibility index (Phi) is 7.00. The number of nitrogens with zero attached hydrogens (tertiary/aromatic N) is 1. The highest BCUT2D eigenvalue weighted by Crippen LogP contribution is 2.52. The van der Waals surface area contributed by atoms with E-state index in [2.05, 4.69) is 9.51 Å². The minimum atomic E-state index is -4.71. The van der Waals surface area contributed by atoms with Crippen LogP contribution >= 0.6 is 14.3 Å². The van der Waals surface area contributed by atoms with Gasteiger partial charge < -0.3 is 23.9 Å². The lowest BCUT2D eigenvalue weighted by atomic mass is 10.2. The van der Waals surface area contributed by atoms with Gasteiger partial charge in [-0.15, -0.1) is 0 Å². The molecule has 1 aliphatic rings. The number of aryl methyl sites for hydroxylation is 1. The number of phosphoric acid groups is 1. The average molecular weight is 444 g/mol. The molecule has 1 aromatic heterocycles. The van der Waals surface area contributed by atoms with Crippen molar-refractivity contribution in [1.82, 2.24) is 9.55 Å². The van der Waals surface area contributed by atoms with Crippen molar-refractivity contribution in [3.63, 3.8) is 0 Å². The first-order valence-corrected chi connectivity index (χ1v) is 12.3. The van der Waals surface area contributed by atoms with Crippen molar-refractivity contribution in [1.29, 1.82) is 0 Å². The van der Waals surface area contributed by atoms with Crippen LogP contribution in [-0.2, 0) is 30.2 Å². The van der Waals surface area contributed by atoms with Crippen LogP contribution < -0.4 is 11.2 Å². The van der Waals surface area contributed by atoms with E-state index in [4.69, 9.17) is 30.9 Å². The number of nitrogens with one attached hydrogen (secondary N) is 1. The van der Waals surface area contributed by atoms with Gasteiger partial charge in [-0.2, -0.15) is 0 Å². The molecule has 2 rings (SSSR count). The maximum absolute atomic E-state index is 12.2. The van der Waals surface area contributed by atoms with Crippen LogP contribution in [-0.4, -0.2) is 48.7 Å². The van der Waals surface area contributed by atoms with E-state index >= 15 is 0 Å². The van der Waals surface area contributed by atoms with Gasteiger partial charge in [0.05, 0.1) is 12.7 Å². The molecule has 0 amide bonds. The normalized spacial score (nSPS) is 25.7. The van der Waals surface area contributed by atoms with Gasteiger partial charge in [-0.05, 0) is 18.7 Å². The summed E-state index contributed by atoms with van der Waals surface area (Å²) >= 11 is 5.14. The maximum atomic E-state index is 12.2. The molecule has 1 saturated heterocycles. The summed E-state index contributed by atoms with van der Waals surface area (Å²) in [5.41, 5.74) is -1.41. The molecule has 0 spiro atoms. The van der Waals surface area contributed by atoms with Gasteiger partial charge in [-0.3, -0.25) is 18.9 Å². The lowest BCUT2D eigenvalue weighted by molar-refractivity contribution is -0.0476. The third kappa shape index (κ3) is 5.90. The first-order chi connectivity index (χ1) is 12.3. The predicted octanol–water partition coefficient (Wildman–Crippen LogP) is 0.337. The van der Waals surface area contributed by atoms with E-state index in [0.717, 1.165) is 4.57 Å². The SMILES string of the molecule is Cc1cn([C@@H]2O[C@H](COP(=O)(O)O)C[C@@H]2OP(O)(=S)C(C)C)c(=O)[nH]c1=O. The summed E-state index contributed by atoms with van der Waals surface area (Å²) in [6.07, 6.45) is -1.41. The van der Waals surface area contributed by atoms with Crippen LogP contribution in [0.1, 0.15) is 32.1 Å². The zero-order valence-corrected chi connectivity index (χ0v) is 17.4. The summed E-state index contributed by atoms with van der Waals surface area (Å²) in [4.78, 5) is 54.0. The van der Waals surface area contributed by atoms with Crippen molar-refractivity contribution in [3.8, 4) is 0 Å². The van der Waals surface area contributed by atoms with Crippen molar-refractivity contribution in [3.05, 3.63) is 32.6 Å². The Balaban J connectivity index is 2.34. The molecular weight excluding hydrogens is 422 g/mol. The Morgan fingerprint density at radius 2 is 2.04 bits per heavy atom. The first-order valence-electron chi connectivity index (χ1n) is 7.98. The average Bonchev–Trinajstić information content (AvgIpc) is 2.90. The van der Waals surface area contributed by atoms with Gasteiger partial charge in [-0.25, -0.2) is 9.36 Å². The Morgan fingerprint density at radius 1 is 1.41 bits per heavy atom. The van der Waals surface area contributed by atoms with Crippen LogP contribution in [0, 0.1) is 6.92 Å². The molecule has 0 aromatic carbocycles. The van der Waals surface area contributed by atoms with Crippen LogP contribution in [0.2, 0.25) is 0 Å². The zero-order chi connectivity index (χ0) is 20.6. The second kappa shape index (κ2) is 8.36. The summed E-state index contributed by atoms with van der Waals surface area (Å²) in [6.45, 7) is 1.22. The van der Waals surface area contributed by atoms with Crippen LogP contribution in [0.15, 0.2) is 15.8 Å². The summed E-state index contributed by atoms with van der Waals surface area (Å²) in [7, 11) is -4.71. The summed E-state index contributed by atoms with van der Waals surface area (Å²) < 4.78 is 27.8. The molecule has 0 radical (unpaired) electrons. The summed E-state index contributed by atoms with van der Waals surface area (Å²) in [5, 5.41) is 0. The van der Waals surface area contributed by atoms with Gasteiger partial charge in [0.2, 0.25) is 0 Å². The lowest BCUT2D eigenvalue weighted by Crippen LogP contribution is -2.37. The van der Waals surface area contributed by atoms with E-state index in [1.165, 1.54) is 13.1 Å². The molecule has 27 heavy (non-hydrogen) atoms. The Labute approximate surface area is 159 Å². The number of aromatic amines is 1. The number of H-pyrrole nitrogens is 1. The standard InChI is InChI=1S/C13H22N2O9P2S/c1-7(2)25(18,27)24-10-4-9(6-22-26(19,20)21)23-12(10)15-5-8(3)11(16)14-13(15)17/h5,7,9-10,12H,4,6H2,1-3H3,(H,18,27)(H,14,16,17)(H2,19,20,21)/t9-,10-,12+,25?/m0/s1. The molecule has 4 N–H and O–H groups in total. The van der Waals surface area contributed by atoms with Gasteiger partial charge in [0.1, 0.15) is 6.10 Å². The van der Waals surface area contributed by atoms with Gasteiger partial charge in [0.25, 0.3) is 5.56 Å². The highest BCUT2D eigenvalue weighted by Gasteiger charge is 2.42. The Morgan fingerprint density at radius 3 is 2.59 bits per heavy atom. The molecule has 1 unspecified atom stereocenters. The minimum Gasteiger partial charge on any atom is -0.349 e. The van der Waals surface area contributed by atoms with E-state index in [-0.39, 0.29) is 17.6 Å². The Hall–Kier alpha value is -0.680. The molecule has 154 valence electrons. The van der Waals surface area contributed by atoms with Gasteiger partial charge in [0, 0.05) is 23.8 Å². The molecule has 4 atom stereocenters. The Bertz CT molecular complexity index is 893. The smallest absolute Gasteiger partial charge is 0.349 e. The summed E-state index contributed by atoms with van der Waals surface area (Å²) in [6, 6.07) is 0. The van der Waals surface area contributed by atoms with Crippen molar-refractivity contribution >= 4 is 26.1 Å². The van der Waals surface area contributed by atoms with Crippen molar-refractivity contribution in [2.24, 2.45) is 0 Å². The van der Waals surface area contributed by atoms with Crippen LogP contribution in [0.25, 0.3) is 0 Å². The highest BCUT2D eigenvalue weighted by molar-refractivity contribution is 8.09. The molecule has 2 heterocycles. The number of ether oxygens (including phenoxy) is 1. The first kappa shape index (κ1) is 22.6.